The molecule has 1 atom stereocenters. The maximum atomic E-state index is 4.47. The van der Waals surface area contributed by atoms with E-state index >= 15 is 0 Å². The molecule has 0 amide bonds. The zero-order chi connectivity index (χ0) is 14.7. The van der Waals surface area contributed by atoms with Crippen LogP contribution < -0.4 is 10.3 Å². The second-order valence-corrected chi connectivity index (χ2v) is 6.46. The molecule has 0 aliphatic carbocycles. The highest BCUT2D eigenvalue weighted by Gasteiger charge is 2.20. The van der Waals surface area contributed by atoms with Crippen LogP contribution in [0.1, 0.15) is 16.5 Å². The van der Waals surface area contributed by atoms with Crippen molar-refractivity contribution in [1.82, 2.24) is 5.43 Å². The summed E-state index contributed by atoms with van der Waals surface area (Å²) in [6, 6.07) is 19.1. The molecule has 1 aliphatic rings. The van der Waals surface area contributed by atoms with Crippen LogP contribution in [0.2, 0.25) is 0 Å². The SMILES string of the molecule is CN(C)c1ccc(C2NN=C(Cc3ccccc3)S2)cc1. The van der Waals surface area contributed by atoms with Crippen molar-refractivity contribution in [2.75, 3.05) is 19.0 Å². The summed E-state index contributed by atoms with van der Waals surface area (Å²) in [5, 5.41) is 5.83. The Labute approximate surface area is 130 Å². The van der Waals surface area contributed by atoms with E-state index in [1.807, 2.05) is 6.07 Å². The molecule has 3 rings (SSSR count). The van der Waals surface area contributed by atoms with E-state index in [1.54, 1.807) is 11.8 Å². The summed E-state index contributed by atoms with van der Waals surface area (Å²) in [7, 11) is 4.11. The molecular formula is C17H19N3S. The Morgan fingerprint density at radius 2 is 1.76 bits per heavy atom. The summed E-state index contributed by atoms with van der Waals surface area (Å²) >= 11 is 1.80. The third-order valence-corrected chi connectivity index (χ3v) is 4.59. The number of nitrogens with one attached hydrogen (secondary N) is 1. The van der Waals surface area contributed by atoms with Crippen molar-refractivity contribution >= 4 is 22.5 Å². The highest BCUT2D eigenvalue weighted by molar-refractivity contribution is 8.14. The minimum absolute atomic E-state index is 0.222. The standard InChI is InChI=1S/C17H19N3S/c1-20(2)15-10-8-14(9-11-15)17-19-18-16(21-17)12-13-6-4-3-5-7-13/h3-11,17,19H,12H2,1-2H3. The molecule has 1 aliphatic heterocycles. The maximum Gasteiger partial charge on any atom is 0.120 e. The molecule has 2 aromatic rings. The molecule has 0 saturated heterocycles. The number of nitrogens with zero attached hydrogens (tertiary/aromatic N) is 2. The molecule has 1 heterocycles. The minimum Gasteiger partial charge on any atom is -0.378 e. The first kappa shape index (κ1) is 14.0. The fourth-order valence-electron chi connectivity index (χ4n) is 2.26. The van der Waals surface area contributed by atoms with Gasteiger partial charge in [-0.2, -0.15) is 5.10 Å². The van der Waals surface area contributed by atoms with Gasteiger partial charge in [0.25, 0.3) is 0 Å². The first-order valence-corrected chi connectivity index (χ1v) is 7.90. The fraction of sp³-hybridized carbons (Fsp3) is 0.235. The van der Waals surface area contributed by atoms with Crippen LogP contribution in [0.4, 0.5) is 5.69 Å². The van der Waals surface area contributed by atoms with E-state index in [9.17, 15) is 0 Å². The van der Waals surface area contributed by atoms with Gasteiger partial charge in [0.2, 0.25) is 0 Å². The summed E-state index contributed by atoms with van der Waals surface area (Å²) in [6.07, 6.45) is 0.894. The van der Waals surface area contributed by atoms with Gasteiger partial charge in [-0.05, 0) is 23.3 Å². The second kappa shape index (κ2) is 6.22. The molecule has 4 heteroatoms. The topological polar surface area (TPSA) is 27.6 Å². The zero-order valence-electron chi connectivity index (χ0n) is 12.3. The smallest absolute Gasteiger partial charge is 0.120 e. The van der Waals surface area contributed by atoms with Crippen molar-refractivity contribution in [2.45, 2.75) is 11.8 Å². The molecule has 108 valence electrons. The van der Waals surface area contributed by atoms with Gasteiger partial charge < -0.3 is 4.90 Å². The summed E-state index contributed by atoms with van der Waals surface area (Å²) in [5.74, 6) is 0. The predicted molar refractivity (Wildman–Crippen MR) is 91.8 cm³/mol. The van der Waals surface area contributed by atoms with Gasteiger partial charge in [0.1, 0.15) is 5.37 Å². The van der Waals surface area contributed by atoms with E-state index in [-0.39, 0.29) is 5.37 Å². The Kier molecular flexibility index (Phi) is 4.15. The monoisotopic (exact) mass is 297 g/mol. The van der Waals surface area contributed by atoms with Gasteiger partial charge in [0.15, 0.2) is 0 Å². The molecule has 0 saturated carbocycles. The first-order valence-electron chi connectivity index (χ1n) is 7.02. The van der Waals surface area contributed by atoms with Crippen molar-refractivity contribution in [2.24, 2.45) is 5.10 Å². The normalized spacial score (nSPS) is 17.2. The predicted octanol–water partition coefficient (Wildman–Crippen LogP) is 3.64. The van der Waals surface area contributed by atoms with E-state index in [0.29, 0.717) is 0 Å². The van der Waals surface area contributed by atoms with Crippen LogP contribution in [0, 0.1) is 0 Å². The number of anilines is 1. The lowest BCUT2D eigenvalue weighted by molar-refractivity contribution is 0.742. The molecular weight excluding hydrogens is 278 g/mol. The maximum absolute atomic E-state index is 4.47. The van der Waals surface area contributed by atoms with Gasteiger partial charge in [-0.25, -0.2) is 0 Å². The van der Waals surface area contributed by atoms with Crippen LogP contribution in [0.25, 0.3) is 0 Å². The van der Waals surface area contributed by atoms with Gasteiger partial charge >= 0.3 is 0 Å². The molecule has 1 N–H and O–H groups in total. The van der Waals surface area contributed by atoms with Crippen molar-refractivity contribution < 1.29 is 0 Å². The first-order chi connectivity index (χ1) is 10.2. The molecule has 3 nitrogen and oxygen atoms in total. The van der Waals surface area contributed by atoms with E-state index in [4.69, 9.17) is 0 Å². The Balaban J connectivity index is 1.63. The third kappa shape index (κ3) is 3.39. The quantitative estimate of drug-likeness (QED) is 0.933. The van der Waals surface area contributed by atoms with Crippen molar-refractivity contribution in [3.05, 3.63) is 65.7 Å². The highest BCUT2D eigenvalue weighted by Crippen LogP contribution is 2.33. The lowest BCUT2D eigenvalue weighted by atomic mass is 10.2. The van der Waals surface area contributed by atoms with Crippen LogP contribution >= 0.6 is 11.8 Å². The minimum atomic E-state index is 0.222. The molecule has 0 radical (unpaired) electrons. The Hall–Kier alpha value is -1.94. The molecule has 2 aromatic carbocycles. The van der Waals surface area contributed by atoms with E-state index in [1.165, 1.54) is 16.8 Å². The summed E-state index contributed by atoms with van der Waals surface area (Å²) in [6.45, 7) is 0. The van der Waals surface area contributed by atoms with Gasteiger partial charge in [-0.15, -0.1) is 0 Å². The van der Waals surface area contributed by atoms with Crippen LogP contribution in [0.15, 0.2) is 59.7 Å². The number of hydrazone groups is 1. The van der Waals surface area contributed by atoms with E-state index in [0.717, 1.165) is 11.5 Å². The van der Waals surface area contributed by atoms with Gasteiger partial charge in [0.05, 0.1) is 5.04 Å². The van der Waals surface area contributed by atoms with Crippen LogP contribution in [0.3, 0.4) is 0 Å². The third-order valence-electron chi connectivity index (χ3n) is 3.47. The number of benzene rings is 2. The largest absolute Gasteiger partial charge is 0.378 e. The number of hydrogen-bond donors (Lipinski definition) is 1. The Bertz CT molecular complexity index is 620. The summed E-state index contributed by atoms with van der Waals surface area (Å²) in [4.78, 5) is 2.11. The lowest BCUT2D eigenvalue weighted by Crippen LogP contribution is -2.10. The van der Waals surface area contributed by atoms with Crippen molar-refractivity contribution in [3.8, 4) is 0 Å². The van der Waals surface area contributed by atoms with Gasteiger partial charge in [0, 0.05) is 26.2 Å². The second-order valence-electron chi connectivity index (χ2n) is 5.28. The van der Waals surface area contributed by atoms with Crippen LogP contribution in [-0.4, -0.2) is 19.1 Å². The molecule has 21 heavy (non-hydrogen) atoms. The van der Waals surface area contributed by atoms with Gasteiger partial charge in [-0.1, -0.05) is 54.2 Å². The molecule has 0 bridgehead atoms. The molecule has 0 spiro atoms. The number of thioether (sulfide) groups is 1. The fourth-order valence-corrected chi connectivity index (χ4v) is 3.29. The molecule has 1 unspecified atom stereocenters. The Morgan fingerprint density at radius 1 is 1.05 bits per heavy atom. The van der Waals surface area contributed by atoms with Crippen molar-refractivity contribution in [3.63, 3.8) is 0 Å². The van der Waals surface area contributed by atoms with Crippen molar-refractivity contribution in [1.29, 1.82) is 0 Å². The molecule has 0 aromatic heterocycles. The van der Waals surface area contributed by atoms with Crippen LogP contribution in [-0.2, 0) is 6.42 Å². The summed E-state index contributed by atoms with van der Waals surface area (Å²) in [5.41, 5.74) is 7.01. The zero-order valence-corrected chi connectivity index (χ0v) is 13.1. The average Bonchev–Trinajstić information content (AvgIpc) is 2.97. The molecule has 0 fully saturated rings. The highest BCUT2D eigenvalue weighted by atomic mass is 32.2. The van der Waals surface area contributed by atoms with Gasteiger partial charge in [-0.3, -0.25) is 5.43 Å². The Morgan fingerprint density at radius 3 is 2.43 bits per heavy atom. The number of rotatable bonds is 4. The van der Waals surface area contributed by atoms with E-state index < -0.39 is 0 Å². The average molecular weight is 297 g/mol. The van der Waals surface area contributed by atoms with Crippen LogP contribution in [0.5, 0.6) is 0 Å². The summed E-state index contributed by atoms with van der Waals surface area (Å²) < 4.78 is 0. The van der Waals surface area contributed by atoms with E-state index in [2.05, 4.69) is 78.1 Å². The number of hydrogen-bond acceptors (Lipinski definition) is 4. The lowest BCUT2D eigenvalue weighted by Gasteiger charge is -2.14.